The molecule has 0 radical (unpaired) electrons. The van der Waals surface area contributed by atoms with Crippen LogP contribution in [-0.4, -0.2) is 46.7 Å². The van der Waals surface area contributed by atoms with Gasteiger partial charge in [0.05, 0.1) is 11.7 Å². The topological polar surface area (TPSA) is 98.5 Å². The highest BCUT2D eigenvalue weighted by Gasteiger charge is 2.69. The summed E-state index contributed by atoms with van der Waals surface area (Å²) < 4.78 is 0. The van der Waals surface area contributed by atoms with Crippen molar-refractivity contribution in [3.8, 4) is 6.07 Å². The van der Waals surface area contributed by atoms with E-state index < -0.39 is 10.8 Å². The first-order chi connectivity index (χ1) is 20.4. The van der Waals surface area contributed by atoms with Crippen LogP contribution in [0.5, 0.6) is 0 Å². The molecule has 7 atom stereocenters. The first-order valence-electron chi connectivity index (χ1n) is 17.3. The lowest BCUT2D eigenvalue weighted by atomic mass is 9.34. The first-order valence-corrected chi connectivity index (χ1v) is 17.3. The minimum Gasteiger partial charge on any atom is -0.393 e. The monoisotopic (exact) mass is 602 g/mol. The van der Waals surface area contributed by atoms with E-state index in [9.17, 15) is 24.8 Å². The molecule has 1 aliphatic heterocycles. The van der Waals surface area contributed by atoms with Crippen molar-refractivity contribution in [1.82, 2.24) is 4.90 Å². The van der Waals surface area contributed by atoms with E-state index in [0.717, 1.165) is 56.9 Å². The number of aliphatic hydroxyl groups is 1. The Bertz CT molecular complexity index is 1370. The van der Waals surface area contributed by atoms with Gasteiger partial charge in [-0.05, 0) is 104 Å². The molecule has 5 aliphatic carbocycles. The fraction of sp³-hybridized carbons (Fsp3) is 0.789. The Kier molecular flexibility index (Phi) is 7.29. The molecule has 2 unspecified atom stereocenters. The molecule has 0 aromatic heterocycles. The average Bonchev–Trinajstić information content (AvgIpc) is 2.95. The Hall–Kier alpha value is -2.26. The van der Waals surface area contributed by atoms with E-state index in [1.165, 1.54) is 0 Å². The van der Waals surface area contributed by atoms with Crippen LogP contribution >= 0.6 is 0 Å². The molecule has 240 valence electrons. The summed E-state index contributed by atoms with van der Waals surface area (Å²) in [4.78, 5) is 43.4. The summed E-state index contributed by atoms with van der Waals surface area (Å²) in [7, 11) is 0. The number of hydrogen-bond donors (Lipinski definition) is 1. The summed E-state index contributed by atoms with van der Waals surface area (Å²) in [6.07, 6.45) is 13.3. The number of piperidine rings is 1. The molecule has 44 heavy (non-hydrogen) atoms. The average molecular weight is 603 g/mol. The molecule has 3 saturated carbocycles. The van der Waals surface area contributed by atoms with E-state index in [4.69, 9.17) is 0 Å². The van der Waals surface area contributed by atoms with E-state index in [-0.39, 0.29) is 68.6 Å². The van der Waals surface area contributed by atoms with Gasteiger partial charge in [0.2, 0.25) is 5.91 Å². The smallest absolute Gasteiger partial charge is 0.222 e. The van der Waals surface area contributed by atoms with Gasteiger partial charge in [0.1, 0.15) is 6.07 Å². The quantitative estimate of drug-likeness (QED) is 0.376. The van der Waals surface area contributed by atoms with Gasteiger partial charge in [0, 0.05) is 36.3 Å². The van der Waals surface area contributed by atoms with E-state index in [1.807, 2.05) is 30.9 Å². The van der Waals surface area contributed by atoms with Crippen LogP contribution in [0.15, 0.2) is 23.3 Å². The SMILES string of the molecule is CC1(C)CC[C@]2(CCC(=O)N3CCC(O)CC3)CC[C@]3(C)C(C(=O)C=C4[C@@]5(C)C=C(C#N)C(=O)C(C)(C)[C@@H]5CC[C@]43C)C2C1. The van der Waals surface area contributed by atoms with Crippen molar-refractivity contribution in [3.63, 3.8) is 0 Å². The van der Waals surface area contributed by atoms with Gasteiger partial charge in [-0.25, -0.2) is 0 Å². The molecule has 6 nitrogen and oxygen atoms in total. The highest BCUT2D eigenvalue weighted by molar-refractivity contribution is 6.04. The third kappa shape index (κ3) is 4.38. The minimum absolute atomic E-state index is 0.0176. The van der Waals surface area contributed by atoms with Crippen molar-refractivity contribution in [1.29, 1.82) is 5.26 Å². The molecule has 1 saturated heterocycles. The number of likely N-dealkylation sites (tertiary alicyclic amines) is 1. The fourth-order valence-electron chi connectivity index (χ4n) is 11.8. The minimum atomic E-state index is -0.661. The normalized spacial score (nSPS) is 43.0. The summed E-state index contributed by atoms with van der Waals surface area (Å²) in [5.41, 5.74) is -0.125. The van der Waals surface area contributed by atoms with Gasteiger partial charge < -0.3 is 10.0 Å². The highest BCUT2D eigenvalue weighted by Crippen LogP contribution is 2.75. The molecule has 4 fully saturated rings. The van der Waals surface area contributed by atoms with Gasteiger partial charge in [0.25, 0.3) is 0 Å². The molecule has 0 aromatic carbocycles. The van der Waals surface area contributed by atoms with Crippen LogP contribution in [0.4, 0.5) is 0 Å². The number of amides is 1. The van der Waals surface area contributed by atoms with Gasteiger partial charge in [-0.1, -0.05) is 60.1 Å². The number of Topliss-reactive ketones (excluding diaryl/α,β-unsaturated/α-hetero) is 1. The second kappa shape index (κ2) is 10.1. The molecule has 0 bridgehead atoms. The van der Waals surface area contributed by atoms with Crippen molar-refractivity contribution in [3.05, 3.63) is 23.3 Å². The second-order valence-electron chi connectivity index (χ2n) is 17.7. The van der Waals surface area contributed by atoms with Crippen molar-refractivity contribution in [2.24, 2.45) is 50.2 Å². The Morgan fingerprint density at radius 3 is 2.30 bits per heavy atom. The van der Waals surface area contributed by atoms with Crippen LogP contribution in [0.3, 0.4) is 0 Å². The van der Waals surface area contributed by atoms with Crippen LogP contribution < -0.4 is 0 Å². The predicted octanol–water partition coefficient (Wildman–Crippen LogP) is 6.97. The molecule has 1 N–H and O–H groups in total. The fourth-order valence-corrected chi connectivity index (χ4v) is 11.8. The lowest BCUT2D eigenvalue weighted by Gasteiger charge is -2.69. The van der Waals surface area contributed by atoms with Crippen molar-refractivity contribution < 1.29 is 19.5 Å². The summed E-state index contributed by atoms with van der Waals surface area (Å²) in [6, 6.07) is 2.21. The third-order valence-electron chi connectivity index (χ3n) is 14.7. The predicted molar refractivity (Wildman–Crippen MR) is 170 cm³/mol. The number of allylic oxidation sites excluding steroid dienone is 4. The summed E-state index contributed by atoms with van der Waals surface area (Å²) in [5.74, 6) is 0.538. The standard InChI is InChI=1S/C38H54N2O4/c1-33(2)14-16-38(13-9-30(43)40-18-10-25(41)11-19-40)17-15-37(7)31(26(38)22-33)27(42)20-29-35(5)21-24(23-39)32(44)34(3,4)28(35)8-12-36(29,37)6/h20-21,25-26,28,31,41H,8-19,22H2,1-7H3/t26?,28-,31?,35-,36+,37+,38+/m0/s1. The molecule has 6 heteroatoms. The van der Waals surface area contributed by atoms with Gasteiger partial charge in [-0.2, -0.15) is 5.26 Å². The van der Waals surface area contributed by atoms with Crippen LogP contribution in [0.1, 0.15) is 119 Å². The van der Waals surface area contributed by atoms with E-state index in [0.29, 0.717) is 32.4 Å². The van der Waals surface area contributed by atoms with Crippen LogP contribution in [0.25, 0.3) is 0 Å². The maximum Gasteiger partial charge on any atom is 0.222 e. The number of hydrogen-bond acceptors (Lipinski definition) is 5. The lowest BCUT2D eigenvalue weighted by molar-refractivity contribution is -0.173. The maximum atomic E-state index is 14.7. The Labute approximate surface area is 264 Å². The maximum absolute atomic E-state index is 14.7. The van der Waals surface area contributed by atoms with Crippen LogP contribution in [0.2, 0.25) is 0 Å². The molecular weight excluding hydrogens is 548 g/mol. The molecule has 6 rings (SSSR count). The number of nitrogens with zero attached hydrogens (tertiary/aromatic N) is 2. The third-order valence-corrected chi connectivity index (χ3v) is 14.7. The first kappa shape index (κ1) is 31.7. The number of rotatable bonds is 3. The van der Waals surface area contributed by atoms with Crippen LogP contribution in [0, 0.1) is 61.6 Å². The summed E-state index contributed by atoms with van der Waals surface area (Å²) >= 11 is 0. The summed E-state index contributed by atoms with van der Waals surface area (Å²) in [6.45, 7) is 16.9. The zero-order chi connectivity index (χ0) is 32.1. The molecule has 1 amide bonds. The number of carbonyl (C=O) groups excluding carboxylic acids is 3. The molecular formula is C38H54N2O4. The van der Waals surface area contributed by atoms with Gasteiger partial charge >= 0.3 is 0 Å². The number of ketones is 2. The number of nitriles is 1. The summed E-state index contributed by atoms with van der Waals surface area (Å²) in [5, 5.41) is 19.9. The Morgan fingerprint density at radius 2 is 1.64 bits per heavy atom. The zero-order valence-corrected chi connectivity index (χ0v) is 28.2. The van der Waals surface area contributed by atoms with E-state index >= 15 is 0 Å². The van der Waals surface area contributed by atoms with Crippen molar-refractivity contribution in [2.75, 3.05) is 13.1 Å². The van der Waals surface area contributed by atoms with E-state index in [2.05, 4.69) is 40.7 Å². The van der Waals surface area contributed by atoms with Crippen molar-refractivity contribution in [2.45, 2.75) is 125 Å². The Morgan fingerprint density at radius 1 is 0.977 bits per heavy atom. The zero-order valence-electron chi connectivity index (χ0n) is 28.2. The van der Waals surface area contributed by atoms with Gasteiger partial charge in [-0.3, -0.25) is 14.4 Å². The van der Waals surface area contributed by atoms with E-state index in [1.54, 1.807) is 0 Å². The van der Waals surface area contributed by atoms with Crippen LogP contribution in [-0.2, 0) is 14.4 Å². The molecule has 0 aromatic rings. The molecule has 0 spiro atoms. The van der Waals surface area contributed by atoms with Gasteiger partial charge in [0.15, 0.2) is 11.6 Å². The van der Waals surface area contributed by atoms with Crippen molar-refractivity contribution >= 4 is 17.5 Å². The largest absolute Gasteiger partial charge is 0.393 e. The lowest BCUT2D eigenvalue weighted by Crippen LogP contribution is -2.64. The Balaban J connectivity index is 1.38. The number of carbonyl (C=O) groups is 3. The molecule has 1 heterocycles. The van der Waals surface area contributed by atoms with Gasteiger partial charge in [-0.15, -0.1) is 0 Å². The number of fused-ring (bicyclic) bond motifs is 7. The number of aliphatic hydroxyl groups excluding tert-OH is 1. The highest BCUT2D eigenvalue weighted by atomic mass is 16.3. The molecule has 6 aliphatic rings. The second-order valence-corrected chi connectivity index (χ2v) is 17.7.